The third-order valence-corrected chi connectivity index (χ3v) is 10.9. The first kappa shape index (κ1) is 52.3. The highest BCUT2D eigenvalue weighted by atomic mass is 16.6. The second-order valence-corrected chi connectivity index (χ2v) is 16.5. The lowest BCUT2D eigenvalue weighted by molar-refractivity contribution is -0.164. The van der Waals surface area contributed by atoms with E-state index in [0.29, 0.717) is 52.1 Å². The predicted molar refractivity (Wildman–Crippen MR) is 218 cm³/mol. The van der Waals surface area contributed by atoms with Crippen molar-refractivity contribution in [1.82, 2.24) is 16.0 Å². The third kappa shape index (κ3) is 17.2. The minimum atomic E-state index is -0.652. The summed E-state index contributed by atoms with van der Waals surface area (Å²) in [5.41, 5.74) is 8.35. The molecule has 0 spiro atoms. The van der Waals surface area contributed by atoms with E-state index in [1.165, 1.54) is 21.3 Å². The lowest BCUT2D eigenvalue weighted by atomic mass is 9.99. The van der Waals surface area contributed by atoms with Crippen molar-refractivity contribution in [3.63, 3.8) is 0 Å². The number of amides is 3. The summed E-state index contributed by atoms with van der Waals surface area (Å²) in [5, 5.41) is 12.6. The Bertz CT molecular complexity index is 1470. The molecule has 3 amide bonds. The topological polar surface area (TPSA) is 273 Å². The molecule has 23 nitrogen and oxygen atoms in total. The van der Waals surface area contributed by atoms with Crippen LogP contribution >= 0.6 is 0 Å². The Hall–Kier alpha value is -3.29. The van der Waals surface area contributed by atoms with Crippen LogP contribution in [0.15, 0.2) is 5.11 Å². The Labute approximate surface area is 368 Å². The summed E-state index contributed by atoms with van der Waals surface area (Å²) in [6.45, 7) is 5.49. The quantitative estimate of drug-likeness (QED) is 0.0487. The molecule has 4 aliphatic rings. The Morgan fingerprint density at radius 1 is 0.556 bits per heavy atom. The molecule has 360 valence electrons. The number of nitrogens with zero attached hydrogens (tertiary/aromatic N) is 3. The number of nitrogens with one attached hydrogen (secondary N) is 3. The lowest BCUT2D eigenvalue weighted by Gasteiger charge is -2.38. The van der Waals surface area contributed by atoms with Crippen molar-refractivity contribution in [3.8, 4) is 0 Å². The van der Waals surface area contributed by atoms with Crippen LogP contribution in [0.3, 0.4) is 0 Å². The van der Waals surface area contributed by atoms with Crippen molar-refractivity contribution in [2.75, 3.05) is 108 Å². The minimum absolute atomic E-state index is 0.00875. The maximum Gasteiger partial charge on any atom is 0.332 e. The summed E-state index contributed by atoms with van der Waals surface area (Å²) in [7, 11) is 6.16. The van der Waals surface area contributed by atoms with Crippen molar-refractivity contribution in [2.24, 2.45) is 5.11 Å². The summed E-state index contributed by atoms with van der Waals surface area (Å²) in [6, 6.07) is -2.42. The van der Waals surface area contributed by atoms with Crippen LogP contribution in [0.5, 0.6) is 0 Å². The molecule has 0 aromatic heterocycles. The van der Waals surface area contributed by atoms with Crippen molar-refractivity contribution in [3.05, 3.63) is 10.4 Å². The highest BCUT2D eigenvalue weighted by molar-refractivity contribution is 5.78. The molecule has 3 N–H and O–H groups in total. The fourth-order valence-electron chi connectivity index (χ4n) is 7.95. The molecule has 0 saturated carbocycles. The molecule has 12 atom stereocenters. The van der Waals surface area contributed by atoms with Gasteiger partial charge in [-0.1, -0.05) is 5.11 Å². The van der Waals surface area contributed by atoms with Gasteiger partial charge >= 0.3 is 5.97 Å². The summed E-state index contributed by atoms with van der Waals surface area (Å²) >= 11 is 0. The van der Waals surface area contributed by atoms with E-state index < -0.39 is 90.1 Å². The standard InChI is InChI=1S/C40H68N6O17/c1-40(2,3)63-35(50)23-58-18-30-38(26(53-6)10-14-61-30)44-33(48)21-56-16-28-36(24(51-4)8-12-59-28)42-32(47)20-55-17-29-37(25(52-5)9-13-60-29)43-34(49)22-57-19-31-39(45-46-41)27(54-7)11-15-62-31/h24-31,36-39H,8-23H2,1-7H3,(H,42,47)(H,43,49)(H,44,48)/t24-,25-,26-,27-,28-,29-,30-,31-,36-,37-,38-,39-/m1/s1. The van der Waals surface area contributed by atoms with Gasteiger partial charge in [0.25, 0.3) is 0 Å². The van der Waals surface area contributed by atoms with Crippen molar-refractivity contribution < 1.29 is 80.8 Å². The average molecular weight is 905 g/mol. The van der Waals surface area contributed by atoms with Crippen LogP contribution < -0.4 is 16.0 Å². The van der Waals surface area contributed by atoms with Crippen LogP contribution in [0, 0.1) is 0 Å². The number of carbonyl (C=O) groups is 4. The van der Waals surface area contributed by atoms with Crippen LogP contribution in [0.1, 0.15) is 46.5 Å². The SMILES string of the molecule is CO[C@@H]1CCO[C@H](COCC(=O)N[C@@H]2[C@H](OC)CCO[C@@H]2COCC(=O)N[C@@H]2[C@H](OC)CCO[C@@H]2COCC(=O)N[C@@H]2[C@H](OC)CCO[C@@H]2COCC(=O)OC(C)(C)C)[C@@H]1N=[N+]=[N-]. The fourth-order valence-corrected chi connectivity index (χ4v) is 7.95. The first-order valence-electron chi connectivity index (χ1n) is 21.3. The largest absolute Gasteiger partial charge is 0.458 e. The zero-order valence-corrected chi connectivity index (χ0v) is 37.5. The van der Waals surface area contributed by atoms with E-state index in [0.717, 1.165) is 0 Å². The van der Waals surface area contributed by atoms with E-state index in [1.807, 2.05) is 0 Å². The lowest BCUT2D eigenvalue weighted by Crippen LogP contribution is -2.59. The number of hydrogen-bond acceptors (Lipinski definition) is 18. The smallest absolute Gasteiger partial charge is 0.332 e. The van der Waals surface area contributed by atoms with Crippen LogP contribution in [0.25, 0.3) is 10.4 Å². The molecule has 63 heavy (non-hydrogen) atoms. The Kier molecular flexibility index (Phi) is 22.6. The van der Waals surface area contributed by atoms with Gasteiger partial charge in [-0.15, -0.1) is 0 Å². The summed E-state index contributed by atoms with van der Waals surface area (Å²) < 4.78 is 74.0. The first-order chi connectivity index (χ1) is 30.3. The minimum Gasteiger partial charge on any atom is -0.458 e. The Morgan fingerprint density at radius 2 is 0.889 bits per heavy atom. The summed E-state index contributed by atoms with van der Waals surface area (Å²) in [5.74, 6) is -1.83. The van der Waals surface area contributed by atoms with Gasteiger partial charge in [0, 0.05) is 59.8 Å². The van der Waals surface area contributed by atoms with Gasteiger partial charge in [0.2, 0.25) is 17.7 Å². The van der Waals surface area contributed by atoms with Crippen LogP contribution in [-0.2, 0) is 80.8 Å². The molecule has 4 saturated heterocycles. The second kappa shape index (κ2) is 27.2. The normalized spacial score (nSPS) is 31.3. The predicted octanol–water partition coefficient (Wildman–Crippen LogP) is -0.257. The van der Waals surface area contributed by atoms with Crippen molar-refractivity contribution >= 4 is 23.7 Å². The van der Waals surface area contributed by atoms with Gasteiger partial charge in [-0.05, 0) is 52.0 Å². The summed E-state index contributed by atoms with van der Waals surface area (Å²) in [6.07, 6.45) is -1.82. The second-order valence-electron chi connectivity index (χ2n) is 16.5. The number of azide groups is 1. The van der Waals surface area contributed by atoms with E-state index in [9.17, 15) is 19.2 Å². The number of ether oxygens (including phenoxy) is 13. The molecule has 0 bridgehead atoms. The number of esters is 1. The molecule has 0 unspecified atom stereocenters. The zero-order chi connectivity index (χ0) is 45.8. The van der Waals surface area contributed by atoms with Crippen LogP contribution in [0.2, 0.25) is 0 Å². The molecule has 0 aromatic rings. The van der Waals surface area contributed by atoms with Crippen LogP contribution in [0.4, 0.5) is 0 Å². The van der Waals surface area contributed by atoms with Gasteiger partial charge in [0.15, 0.2) is 0 Å². The molecule has 0 aromatic carbocycles. The molecular formula is C40H68N6O17. The maximum atomic E-state index is 13.3. The van der Waals surface area contributed by atoms with Crippen LogP contribution in [-0.4, -0.2) is 210 Å². The molecule has 0 aliphatic carbocycles. The van der Waals surface area contributed by atoms with E-state index in [2.05, 4.69) is 26.0 Å². The van der Waals surface area contributed by atoms with Gasteiger partial charge in [-0.2, -0.15) is 0 Å². The van der Waals surface area contributed by atoms with Gasteiger partial charge in [0.1, 0.15) is 50.3 Å². The fraction of sp³-hybridized carbons (Fsp3) is 0.900. The molecule has 4 rings (SSSR count). The molecule has 23 heteroatoms. The number of rotatable bonds is 24. The monoisotopic (exact) mass is 904 g/mol. The number of methoxy groups -OCH3 is 4. The van der Waals surface area contributed by atoms with Crippen molar-refractivity contribution in [1.29, 1.82) is 0 Å². The van der Waals surface area contributed by atoms with E-state index >= 15 is 0 Å². The third-order valence-electron chi connectivity index (χ3n) is 10.9. The Balaban J connectivity index is 1.22. The number of carbonyl (C=O) groups excluding carboxylic acids is 4. The molecule has 4 fully saturated rings. The molecule has 4 aliphatic heterocycles. The van der Waals surface area contributed by atoms with Gasteiger partial charge in [-0.25, -0.2) is 4.79 Å². The van der Waals surface area contributed by atoms with Gasteiger partial charge in [0.05, 0.1) is 81.1 Å². The maximum absolute atomic E-state index is 13.3. The number of hydrogen-bond donors (Lipinski definition) is 3. The summed E-state index contributed by atoms with van der Waals surface area (Å²) in [4.78, 5) is 54.4. The molecule has 0 radical (unpaired) electrons. The highest BCUT2D eigenvalue weighted by Gasteiger charge is 2.40. The van der Waals surface area contributed by atoms with Gasteiger partial charge in [-0.3, -0.25) is 14.4 Å². The van der Waals surface area contributed by atoms with E-state index in [1.54, 1.807) is 27.9 Å². The van der Waals surface area contributed by atoms with Crippen molar-refractivity contribution in [2.45, 2.75) is 125 Å². The average Bonchev–Trinajstić information content (AvgIpc) is 3.25. The van der Waals surface area contributed by atoms with E-state index in [-0.39, 0.29) is 65.1 Å². The van der Waals surface area contributed by atoms with E-state index in [4.69, 9.17) is 67.1 Å². The first-order valence-corrected chi connectivity index (χ1v) is 21.3. The molecule has 4 heterocycles. The molecular weight excluding hydrogens is 836 g/mol. The Morgan fingerprint density at radius 3 is 1.24 bits per heavy atom. The van der Waals surface area contributed by atoms with Gasteiger partial charge < -0.3 is 77.5 Å². The highest BCUT2D eigenvalue weighted by Crippen LogP contribution is 2.23. The zero-order valence-electron chi connectivity index (χ0n) is 37.5.